The van der Waals surface area contributed by atoms with Crippen LogP contribution in [0.25, 0.3) is 10.9 Å². The highest BCUT2D eigenvalue weighted by Gasteiger charge is 2.22. The molecule has 0 aliphatic carbocycles. The molecular weight excluding hydrogens is 344 g/mol. The lowest BCUT2D eigenvalue weighted by atomic mass is 10.1. The Morgan fingerprint density at radius 3 is 2.59 bits per heavy atom. The highest BCUT2D eigenvalue weighted by Crippen LogP contribution is 2.27. The quantitative estimate of drug-likeness (QED) is 0.395. The zero-order valence-electron chi connectivity index (χ0n) is 16.0. The smallest absolute Gasteiger partial charge is 0.292 e. The maximum Gasteiger partial charge on any atom is 0.292 e. The van der Waals surface area contributed by atoms with E-state index < -0.39 is 11.7 Å². The summed E-state index contributed by atoms with van der Waals surface area (Å²) in [6, 6.07) is 5.31. The van der Waals surface area contributed by atoms with Gasteiger partial charge in [0.15, 0.2) is 0 Å². The Kier molecular flexibility index (Phi) is 6.13. The van der Waals surface area contributed by atoms with Crippen LogP contribution in [0.1, 0.15) is 49.5 Å². The number of nitrogens with zero attached hydrogens (tertiary/aromatic N) is 2. The SMILES string of the molecule is CC(C)n1cc(C(=O)C(=O)NCCN2CCCCC2)c2ccc(NO)cc21. The number of fused-ring (bicyclic) bond motifs is 1. The van der Waals surface area contributed by atoms with E-state index in [1.807, 2.05) is 18.4 Å². The Labute approximate surface area is 159 Å². The third kappa shape index (κ3) is 4.31. The molecule has 7 nitrogen and oxygen atoms in total. The number of piperidine rings is 1. The van der Waals surface area contributed by atoms with Gasteiger partial charge < -0.3 is 14.8 Å². The molecule has 0 radical (unpaired) electrons. The first-order valence-corrected chi connectivity index (χ1v) is 9.61. The molecular formula is C20H28N4O3. The molecule has 146 valence electrons. The molecule has 1 aliphatic heterocycles. The predicted octanol–water partition coefficient (Wildman–Crippen LogP) is 2.81. The van der Waals surface area contributed by atoms with Crippen LogP contribution in [-0.2, 0) is 4.79 Å². The molecule has 0 atom stereocenters. The van der Waals surface area contributed by atoms with Gasteiger partial charge in [-0.05, 0) is 58.0 Å². The number of amides is 1. The number of hydrogen-bond acceptors (Lipinski definition) is 5. The maximum atomic E-state index is 12.7. The van der Waals surface area contributed by atoms with Crippen molar-refractivity contribution in [1.82, 2.24) is 14.8 Å². The number of carbonyl (C=O) groups excluding carboxylic acids is 2. The molecule has 1 aromatic carbocycles. The standard InChI is InChI=1S/C20H28N4O3/c1-14(2)24-13-17(16-7-6-15(22-27)12-18(16)24)19(25)20(26)21-8-11-23-9-4-3-5-10-23/h6-7,12-14,22,27H,3-5,8-11H2,1-2H3,(H,21,26). The van der Waals surface area contributed by atoms with Gasteiger partial charge in [-0.15, -0.1) is 0 Å². The molecule has 0 unspecified atom stereocenters. The molecule has 27 heavy (non-hydrogen) atoms. The van der Waals surface area contributed by atoms with Gasteiger partial charge in [-0.25, -0.2) is 0 Å². The van der Waals surface area contributed by atoms with Gasteiger partial charge in [0.25, 0.3) is 11.7 Å². The zero-order valence-corrected chi connectivity index (χ0v) is 16.0. The highest BCUT2D eigenvalue weighted by atomic mass is 16.5. The summed E-state index contributed by atoms with van der Waals surface area (Å²) >= 11 is 0. The zero-order chi connectivity index (χ0) is 19.4. The molecule has 3 N–H and O–H groups in total. The van der Waals surface area contributed by atoms with Crippen molar-refractivity contribution in [3.63, 3.8) is 0 Å². The van der Waals surface area contributed by atoms with Crippen LogP contribution in [0, 0.1) is 0 Å². The van der Waals surface area contributed by atoms with Crippen LogP contribution in [-0.4, -0.2) is 52.5 Å². The molecule has 2 heterocycles. The van der Waals surface area contributed by atoms with E-state index in [-0.39, 0.29) is 6.04 Å². The normalized spacial score (nSPS) is 15.3. The summed E-state index contributed by atoms with van der Waals surface area (Å²) in [5.41, 5.74) is 3.85. The van der Waals surface area contributed by atoms with Gasteiger partial charge in [0, 0.05) is 30.7 Å². The molecule has 2 aromatic rings. The van der Waals surface area contributed by atoms with E-state index in [0.717, 1.165) is 25.2 Å². The fourth-order valence-electron chi connectivity index (χ4n) is 3.64. The minimum atomic E-state index is -0.570. The number of ketones is 1. The van der Waals surface area contributed by atoms with Crippen LogP contribution in [0.3, 0.4) is 0 Å². The first kappa shape index (κ1) is 19.4. The van der Waals surface area contributed by atoms with E-state index in [9.17, 15) is 9.59 Å². The fourth-order valence-corrected chi connectivity index (χ4v) is 3.64. The van der Waals surface area contributed by atoms with E-state index in [2.05, 4.69) is 15.7 Å². The summed E-state index contributed by atoms with van der Waals surface area (Å²) in [5, 5.41) is 12.6. The van der Waals surface area contributed by atoms with Gasteiger partial charge in [-0.3, -0.25) is 20.3 Å². The maximum absolute atomic E-state index is 12.7. The van der Waals surface area contributed by atoms with Gasteiger partial charge in [0.2, 0.25) is 0 Å². The number of carbonyl (C=O) groups is 2. The number of Topliss-reactive ketones (excluding diaryl/α,β-unsaturated/α-hetero) is 1. The van der Waals surface area contributed by atoms with Crippen molar-refractivity contribution in [2.45, 2.75) is 39.2 Å². The first-order valence-electron chi connectivity index (χ1n) is 9.61. The van der Waals surface area contributed by atoms with Crippen LogP contribution in [0.2, 0.25) is 0 Å². The number of aromatic nitrogens is 1. The van der Waals surface area contributed by atoms with E-state index >= 15 is 0 Å². The molecule has 0 spiro atoms. The van der Waals surface area contributed by atoms with Crippen molar-refractivity contribution in [1.29, 1.82) is 0 Å². The highest BCUT2D eigenvalue weighted by molar-refractivity contribution is 6.45. The number of hydrogen-bond donors (Lipinski definition) is 3. The van der Waals surface area contributed by atoms with Crippen LogP contribution in [0.15, 0.2) is 24.4 Å². The van der Waals surface area contributed by atoms with Crippen molar-refractivity contribution < 1.29 is 14.8 Å². The molecule has 3 rings (SSSR count). The first-order chi connectivity index (χ1) is 13.0. The average molecular weight is 372 g/mol. The van der Waals surface area contributed by atoms with Crippen LogP contribution < -0.4 is 10.8 Å². The Balaban J connectivity index is 1.73. The summed E-state index contributed by atoms with van der Waals surface area (Å²) < 4.78 is 1.93. The summed E-state index contributed by atoms with van der Waals surface area (Å²) in [7, 11) is 0. The van der Waals surface area contributed by atoms with Crippen molar-refractivity contribution in [2.75, 3.05) is 31.7 Å². The van der Waals surface area contributed by atoms with Gasteiger partial charge in [-0.1, -0.05) is 6.42 Å². The summed E-state index contributed by atoms with van der Waals surface area (Å²) in [6.07, 6.45) is 5.40. The molecule has 1 amide bonds. The molecule has 7 heteroatoms. The Morgan fingerprint density at radius 1 is 1.19 bits per heavy atom. The van der Waals surface area contributed by atoms with Crippen molar-refractivity contribution in [3.05, 3.63) is 30.0 Å². The molecule has 1 aromatic heterocycles. The average Bonchev–Trinajstić information content (AvgIpc) is 3.07. The Morgan fingerprint density at radius 2 is 1.93 bits per heavy atom. The lowest BCUT2D eigenvalue weighted by Gasteiger charge is -2.26. The number of benzene rings is 1. The Bertz CT molecular complexity index is 822. The lowest BCUT2D eigenvalue weighted by Crippen LogP contribution is -2.39. The van der Waals surface area contributed by atoms with E-state index in [1.165, 1.54) is 19.3 Å². The summed E-state index contributed by atoms with van der Waals surface area (Å²) in [4.78, 5) is 27.4. The fraction of sp³-hybridized carbons (Fsp3) is 0.500. The number of rotatable bonds is 7. The third-order valence-electron chi connectivity index (χ3n) is 5.13. The molecule has 1 aliphatic rings. The van der Waals surface area contributed by atoms with Crippen molar-refractivity contribution in [3.8, 4) is 0 Å². The van der Waals surface area contributed by atoms with Crippen molar-refractivity contribution >= 4 is 28.3 Å². The van der Waals surface area contributed by atoms with Gasteiger partial charge in [0.1, 0.15) is 0 Å². The second-order valence-electron chi connectivity index (χ2n) is 7.37. The van der Waals surface area contributed by atoms with Crippen LogP contribution >= 0.6 is 0 Å². The van der Waals surface area contributed by atoms with Gasteiger partial charge in [-0.2, -0.15) is 0 Å². The third-order valence-corrected chi connectivity index (χ3v) is 5.13. The minimum Gasteiger partial charge on any atom is -0.348 e. The second kappa shape index (κ2) is 8.54. The lowest BCUT2D eigenvalue weighted by molar-refractivity contribution is -0.117. The second-order valence-corrected chi connectivity index (χ2v) is 7.37. The van der Waals surface area contributed by atoms with E-state index in [4.69, 9.17) is 5.21 Å². The van der Waals surface area contributed by atoms with Gasteiger partial charge in [0.05, 0.1) is 16.8 Å². The van der Waals surface area contributed by atoms with E-state index in [0.29, 0.717) is 23.2 Å². The van der Waals surface area contributed by atoms with Crippen LogP contribution in [0.4, 0.5) is 5.69 Å². The number of likely N-dealkylation sites (tertiary alicyclic amines) is 1. The monoisotopic (exact) mass is 372 g/mol. The topological polar surface area (TPSA) is 86.6 Å². The van der Waals surface area contributed by atoms with Gasteiger partial charge >= 0.3 is 0 Å². The Hall–Kier alpha value is -2.38. The molecule has 0 bridgehead atoms. The summed E-state index contributed by atoms with van der Waals surface area (Å²) in [5.74, 6) is -1.10. The number of anilines is 1. The number of nitrogens with one attached hydrogen (secondary N) is 2. The summed E-state index contributed by atoms with van der Waals surface area (Å²) in [6.45, 7) is 7.39. The minimum absolute atomic E-state index is 0.116. The van der Waals surface area contributed by atoms with Crippen molar-refractivity contribution in [2.24, 2.45) is 0 Å². The van der Waals surface area contributed by atoms with E-state index in [1.54, 1.807) is 24.4 Å². The predicted molar refractivity (Wildman–Crippen MR) is 105 cm³/mol. The van der Waals surface area contributed by atoms with Crippen LogP contribution in [0.5, 0.6) is 0 Å². The molecule has 0 saturated carbocycles. The molecule has 1 fully saturated rings. The largest absolute Gasteiger partial charge is 0.348 e. The molecule has 1 saturated heterocycles.